The second kappa shape index (κ2) is 6.87. The molecule has 1 heterocycles. The van der Waals surface area contributed by atoms with Crippen molar-refractivity contribution in [1.82, 2.24) is 15.0 Å². The van der Waals surface area contributed by atoms with Crippen LogP contribution >= 0.6 is 0 Å². The van der Waals surface area contributed by atoms with E-state index in [1.165, 1.54) is 4.80 Å². The van der Waals surface area contributed by atoms with Gasteiger partial charge in [-0.05, 0) is 41.7 Å². The standard InChI is InChI=1S/C21H23N3O3/c1-6-18(25)27-12-14-13(2)11-17(20(26)19(14)21(3,4)5)24-22-15-9-7-8-10-16(15)23-24/h6-11,26H,1,12H2,2-5H3. The van der Waals surface area contributed by atoms with Crippen LogP contribution in [0.15, 0.2) is 43.0 Å². The molecule has 0 aliphatic rings. The van der Waals surface area contributed by atoms with Crippen LogP contribution in [0.4, 0.5) is 0 Å². The van der Waals surface area contributed by atoms with Gasteiger partial charge in [-0.25, -0.2) is 4.79 Å². The summed E-state index contributed by atoms with van der Waals surface area (Å²) in [6, 6.07) is 9.34. The van der Waals surface area contributed by atoms with E-state index < -0.39 is 5.97 Å². The van der Waals surface area contributed by atoms with Crippen molar-refractivity contribution < 1.29 is 14.6 Å². The number of ether oxygens (including phenoxy) is 1. The second-order valence-electron chi connectivity index (χ2n) is 7.45. The molecule has 0 saturated heterocycles. The number of phenols is 1. The predicted octanol–water partition coefficient (Wildman–Crippen LogP) is 3.96. The first kappa shape index (κ1) is 18.6. The van der Waals surface area contributed by atoms with Gasteiger partial charge in [-0.3, -0.25) is 0 Å². The van der Waals surface area contributed by atoms with Crippen molar-refractivity contribution in [2.24, 2.45) is 0 Å². The van der Waals surface area contributed by atoms with Gasteiger partial charge in [-0.1, -0.05) is 39.5 Å². The van der Waals surface area contributed by atoms with Crippen molar-refractivity contribution in [3.63, 3.8) is 0 Å². The minimum absolute atomic E-state index is 0.0612. The van der Waals surface area contributed by atoms with Gasteiger partial charge in [-0.2, -0.15) is 0 Å². The Kier molecular flexibility index (Phi) is 4.74. The Bertz CT molecular complexity index is 996. The molecular weight excluding hydrogens is 342 g/mol. The van der Waals surface area contributed by atoms with Crippen LogP contribution in [0.3, 0.4) is 0 Å². The highest BCUT2D eigenvalue weighted by Crippen LogP contribution is 2.40. The lowest BCUT2D eigenvalue weighted by atomic mass is 9.81. The van der Waals surface area contributed by atoms with Crippen LogP contribution in [0.25, 0.3) is 16.7 Å². The van der Waals surface area contributed by atoms with Crippen molar-refractivity contribution in [3.05, 3.63) is 59.7 Å². The van der Waals surface area contributed by atoms with Gasteiger partial charge in [0.15, 0.2) is 0 Å². The van der Waals surface area contributed by atoms with Gasteiger partial charge in [0.1, 0.15) is 29.1 Å². The lowest BCUT2D eigenvalue weighted by molar-refractivity contribution is -0.139. The number of hydrogen-bond donors (Lipinski definition) is 1. The van der Waals surface area contributed by atoms with Gasteiger partial charge in [0.2, 0.25) is 0 Å². The largest absolute Gasteiger partial charge is 0.505 e. The number of fused-ring (bicyclic) bond motifs is 1. The Morgan fingerprint density at radius 2 is 1.85 bits per heavy atom. The zero-order valence-electron chi connectivity index (χ0n) is 16.0. The van der Waals surface area contributed by atoms with E-state index in [2.05, 4.69) is 16.8 Å². The van der Waals surface area contributed by atoms with Crippen molar-refractivity contribution >= 4 is 17.0 Å². The molecule has 0 spiro atoms. The molecule has 0 amide bonds. The summed E-state index contributed by atoms with van der Waals surface area (Å²) < 4.78 is 5.24. The predicted molar refractivity (Wildman–Crippen MR) is 104 cm³/mol. The molecule has 0 radical (unpaired) electrons. The minimum Gasteiger partial charge on any atom is -0.505 e. The fourth-order valence-electron chi connectivity index (χ4n) is 3.14. The van der Waals surface area contributed by atoms with Crippen molar-refractivity contribution in [2.75, 3.05) is 0 Å². The Morgan fingerprint density at radius 1 is 1.26 bits per heavy atom. The van der Waals surface area contributed by atoms with Crippen LogP contribution in [-0.2, 0) is 21.6 Å². The Hall–Kier alpha value is -3.15. The van der Waals surface area contributed by atoms with Crippen LogP contribution in [-0.4, -0.2) is 26.1 Å². The third-order valence-corrected chi connectivity index (χ3v) is 4.39. The third kappa shape index (κ3) is 3.56. The number of phenolic OH excluding ortho intramolecular Hbond substituents is 1. The highest BCUT2D eigenvalue weighted by atomic mass is 16.5. The average Bonchev–Trinajstić information content (AvgIpc) is 3.04. The molecule has 0 unspecified atom stereocenters. The zero-order chi connectivity index (χ0) is 19.8. The first-order valence-electron chi connectivity index (χ1n) is 8.70. The van der Waals surface area contributed by atoms with Gasteiger partial charge in [0.05, 0.1) is 0 Å². The maximum Gasteiger partial charge on any atom is 0.330 e. The van der Waals surface area contributed by atoms with Crippen molar-refractivity contribution in [1.29, 1.82) is 0 Å². The molecule has 1 N–H and O–H groups in total. The molecule has 1 aromatic heterocycles. The van der Waals surface area contributed by atoms with Crippen LogP contribution < -0.4 is 0 Å². The number of esters is 1. The highest BCUT2D eigenvalue weighted by molar-refractivity contribution is 5.81. The van der Waals surface area contributed by atoms with Crippen LogP contribution in [0.5, 0.6) is 5.75 Å². The Labute approximate surface area is 158 Å². The third-order valence-electron chi connectivity index (χ3n) is 4.39. The van der Waals surface area contributed by atoms with Crippen molar-refractivity contribution in [2.45, 2.75) is 39.7 Å². The van der Waals surface area contributed by atoms with E-state index in [0.29, 0.717) is 11.3 Å². The maximum atomic E-state index is 11.5. The number of hydrogen-bond acceptors (Lipinski definition) is 5. The molecule has 27 heavy (non-hydrogen) atoms. The minimum atomic E-state index is -0.502. The molecule has 0 fully saturated rings. The summed E-state index contributed by atoms with van der Waals surface area (Å²) in [5.74, 6) is -0.420. The van der Waals surface area contributed by atoms with Crippen molar-refractivity contribution in [3.8, 4) is 11.4 Å². The quantitative estimate of drug-likeness (QED) is 0.559. The lowest BCUT2D eigenvalue weighted by Crippen LogP contribution is -2.18. The van der Waals surface area contributed by atoms with E-state index >= 15 is 0 Å². The molecule has 3 rings (SSSR count). The molecular formula is C21H23N3O3. The van der Waals surface area contributed by atoms with Crippen LogP contribution in [0, 0.1) is 6.92 Å². The molecule has 0 aliphatic heterocycles. The van der Waals surface area contributed by atoms with E-state index in [1.807, 2.05) is 52.0 Å². The number of rotatable bonds is 4. The van der Waals surface area contributed by atoms with Gasteiger partial charge in [-0.15, -0.1) is 15.0 Å². The molecule has 3 aromatic rings. The molecule has 0 saturated carbocycles. The molecule has 0 atom stereocenters. The normalized spacial score (nSPS) is 11.6. The molecule has 6 nitrogen and oxygen atoms in total. The zero-order valence-corrected chi connectivity index (χ0v) is 16.0. The van der Waals surface area contributed by atoms with E-state index in [1.54, 1.807) is 6.07 Å². The Balaban J connectivity index is 2.18. The Morgan fingerprint density at radius 3 is 2.37 bits per heavy atom. The smallest absolute Gasteiger partial charge is 0.330 e. The summed E-state index contributed by atoms with van der Waals surface area (Å²) in [4.78, 5) is 12.9. The number of benzene rings is 2. The summed E-state index contributed by atoms with van der Waals surface area (Å²) in [7, 11) is 0. The van der Waals surface area contributed by atoms with E-state index in [-0.39, 0.29) is 17.8 Å². The van der Waals surface area contributed by atoms with E-state index in [9.17, 15) is 9.90 Å². The van der Waals surface area contributed by atoms with Crippen LogP contribution in [0.2, 0.25) is 0 Å². The number of carbonyl (C=O) groups is 1. The molecule has 6 heteroatoms. The van der Waals surface area contributed by atoms with E-state index in [4.69, 9.17) is 4.74 Å². The van der Waals surface area contributed by atoms with Gasteiger partial charge in [0.25, 0.3) is 0 Å². The number of aromatic nitrogens is 3. The number of nitrogens with zero attached hydrogens (tertiary/aromatic N) is 3. The second-order valence-corrected chi connectivity index (χ2v) is 7.45. The molecule has 140 valence electrons. The average molecular weight is 365 g/mol. The molecule has 2 aromatic carbocycles. The molecule has 0 bridgehead atoms. The lowest BCUT2D eigenvalue weighted by Gasteiger charge is -2.26. The monoisotopic (exact) mass is 365 g/mol. The number of aryl methyl sites for hydroxylation is 1. The van der Waals surface area contributed by atoms with E-state index in [0.717, 1.165) is 28.2 Å². The first-order valence-corrected chi connectivity index (χ1v) is 8.70. The maximum absolute atomic E-state index is 11.5. The number of carbonyl (C=O) groups excluding carboxylic acids is 1. The highest BCUT2D eigenvalue weighted by Gasteiger charge is 2.27. The first-order chi connectivity index (χ1) is 12.7. The summed E-state index contributed by atoms with van der Waals surface area (Å²) >= 11 is 0. The van der Waals surface area contributed by atoms with Gasteiger partial charge < -0.3 is 9.84 Å². The summed E-state index contributed by atoms with van der Waals surface area (Å²) in [5.41, 5.74) is 3.96. The summed E-state index contributed by atoms with van der Waals surface area (Å²) in [6.45, 7) is 11.4. The molecule has 0 aliphatic carbocycles. The van der Waals surface area contributed by atoms with Crippen LogP contribution in [0.1, 0.15) is 37.5 Å². The topological polar surface area (TPSA) is 77.2 Å². The number of aromatic hydroxyl groups is 1. The fourth-order valence-corrected chi connectivity index (χ4v) is 3.14. The summed E-state index contributed by atoms with van der Waals surface area (Å²) in [5, 5.41) is 20.0. The van der Waals surface area contributed by atoms with Gasteiger partial charge in [0, 0.05) is 11.6 Å². The van der Waals surface area contributed by atoms with Gasteiger partial charge >= 0.3 is 5.97 Å². The SMILES string of the molecule is C=CC(=O)OCc1c(C)cc(-n2nc3ccccc3n2)c(O)c1C(C)(C)C. The fraction of sp³-hybridized carbons (Fsp3) is 0.286. The summed E-state index contributed by atoms with van der Waals surface area (Å²) in [6.07, 6.45) is 1.12.